The van der Waals surface area contributed by atoms with Crippen molar-refractivity contribution in [1.82, 2.24) is 5.32 Å². The summed E-state index contributed by atoms with van der Waals surface area (Å²) >= 11 is 0. The third kappa shape index (κ3) is 5.31. The van der Waals surface area contributed by atoms with Crippen LogP contribution in [0.4, 0.5) is 11.4 Å². The molecule has 1 saturated carbocycles. The second-order valence-electron chi connectivity index (χ2n) is 6.30. The maximum absolute atomic E-state index is 12.0. The molecule has 27 heavy (non-hydrogen) atoms. The van der Waals surface area contributed by atoms with E-state index in [-0.39, 0.29) is 18.4 Å². The number of hydrogen-bond acceptors (Lipinski definition) is 5. The van der Waals surface area contributed by atoms with Gasteiger partial charge in [-0.15, -0.1) is 0 Å². The molecule has 1 fully saturated rings. The van der Waals surface area contributed by atoms with Gasteiger partial charge in [0.2, 0.25) is 5.91 Å². The van der Waals surface area contributed by atoms with E-state index in [0.717, 1.165) is 18.5 Å². The summed E-state index contributed by atoms with van der Waals surface area (Å²) in [4.78, 5) is 35.4. The highest BCUT2D eigenvalue weighted by Crippen LogP contribution is 2.19. The van der Waals surface area contributed by atoms with Gasteiger partial charge in [-0.05, 0) is 61.4 Å². The SMILES string of the molecule is COC(=O)c1ccc(NC(=O)CNc2ccc(C(=O)NC3CC3)cc2)cc1. The first-order chi connectivity index (χ1) is 13.0. The highest BCUT2D eigenvalue weighted by atomic mass is 16.5. The first kappa shape index (κ1) is 18.4. The first-order valence-corrected chi connectivity index (χ1v) is 8.68. The molecule has 0 saturated heterocycles. The lowest BCUT2D eigenvalue weighted by Gasteiger charge is -2.09. The Bertz CT molecular complexity index is 827. The van der Waals surface area contributed by atoms with Gasteiger partial charge in [0.1, 0.15) is 0 Å². The fourth-order valence-corrected chi connectivity index (χ4v) is 2.43. The number of carbonyl (C=O) groups is 3. The molecule has 0 aliphatic heterocycles. The summed E-state index contributed by atoms with van der Waals surface area (Å²) in [5.74, 6) is -0.725. The zero-order valence-corrected chi connectivity index (χ0v) is 15.0. The Hall–Kier alpha value is -3.35. The molecular weight excluding hydrogens is 346 g/mol. The fourth-order valence-electron chi connectivity index (χ4n) is 2.43. The Labute approximate surface area is 157 Å². The van der Waals surface area contributed by atoms with Crippen molar-refractivity contribution in [2.45, 2.75) is 18.9 Å². The molecule has 7 heteroatoms. The van der Waals surface area contributed by atoms with Crippen LogP contribution < -0.4 is 16.0 Å². The normalized spacial score (nSPS) is 12.8. The summed E-state index contributed by atoms with van der Waals surface area (Å²) in [5.41, 5.74) is 2.35. The Morgan fingerprint density at radius 1 is 0.926 bits per heavy atom. The largest absolute Gasteiger partial charge is 0.465 e. The molecular formula is C20H21N3O4. The standard InChI is InChI=1S/C20H21N3O4/c1-27-20(26)14-4-8-16(9-5-14)22-18(24)12-21-15-6-2-13(3-7-15)19(25)23-17-10-11-17/h2-9,17,21H,10-12H2,1H3,(H,22,24)(H,23,25). The lowest BCUT2D eigenvalue weighted by Crippen LogP contribution is -2.25. The zero-order valence-electron chi connectivity index (χ0n) is 15.0. The summed E-state index contributed by atoms with van der Waals surface area (Å²) in [6.45, 7) is 0.0758. The number of carbonyl (C=O) groups excluding carboxylic acids is 3. The number of ether oxygens (including phenoxy) is 1. The Balaban J connectivity index is 1.47. The number of anilines is 2. The number of methoxy groups -OCH3 is 1. The first-order valence-electron chi connectivity index (χ1n) is 8.68. The average Bonchev–Trinajstić information content (AvgIpc) is 3.50. The van der Waals surface area contributed by atoms with E-state index >= 15 is 0 Å². The number of amides is 2. The maximum atomic E-state index is 12.0. The van der Waals surface area contributed by atoms with Crippen LogP contribution in [0, 0.1) is 0 Å². The van der Waals surface area contributed by atoms with E-state index in [9.17, 15) is 14.4 Å². The molecule has 0 spiro atoms. The van der Waals surface area contributed by atoms with Crippen LogP contribution in [-0.4, -0.2) is 37.5 Å². The van der Waals surface area contributed by atoms with Crippen molar-refractivity contribution >= 4 is 29.2 Å². The van der Waals surface area contributed by atoms with E-state index < -0.39 is 5.97 Å². The van der Waals surface area contributed by atoms with Gasteiger partial charge in [-0.25, -0.2) is 4.79 Å². The molecule has 7 nitrogen and oxygen atoms in total. The van der Waals surface area contributed by atoms with Gasteiger partial charge >= 0.3 is 5.97 Å². The van der Waals surface area contributed by atoms with Crippen LogP contribution in [0.25, 0.3) is 0 Å². The molecule has 0 atom stereocenters. The predicted octanol–water partition coefficient (Wildman–Crippen LogP) is 2.42. The van der Waals surface area contributed by atoms with Crippen molar-refractivity contribution in [2.24, 2.45) is 0 Å². The molecule has 0 bridgehead atoms. The molecule has 1 aliphatic rings. The minimum absolute atomic E-state index is 0.0720. The van der Waals surface area contributed by atoms with Gasteiger partial charge in [-0.3, -0.25) is 9.59 Å². The molecule has 1 aliphatic carbocycles. The molecule has 3 N–H and O–H groups in total. The van der Waals surface area contributed by atoms with E-state index in [4.69, 9.17) is 0 Å². The number of esters is 1. The minimum atomic E-state index is -0.427. The minimum Gasteiger partial charge on any atom is -0.465 e. The summed E-state index contributed by atoms with van der Waals surface area (Å²) in [6, 6.07) is 13.7. The van der Waals surface area contributed by atoms with Crippen molar-refractivity contribution in [2.75, 3.05) is 24.3 Å². The van der Waals surface area contributed by atoms with E-state index in [2.05, 4.69) is 20.7 Å². The molecule has 3 rings (SSSR count). The predicted molar refractivity (Wildman–Crippen MR) is 102 cm³/mol. The van der Waals surface area contributed by atoms with Crippen molar-refractivity contribution < 1.29 is 19.1 Å². The Morgan fingerprint density at radius 3 is 2.11 bits per heavy atom. The molecule has 2 aromatic carbocycles. The van der Waals surface area contributed by atoms with Crippen LogP contribution in [0.2, 0.25) is 0 Å². The molecule has 0 heterocycles. The number of rotatable bonds is 7. The molecule has 2 amide bonds. The second kappa shape index (κ2) is 8.35. The zero-order chi connectivity index (χ0) is 19.2. The Kier molecular flexibility index (Phi) is 5.71. The maximum Gasteiger partial charge on any atom is 0.337 e. The van der Waals surface area contributed by atoms with Crippen molar-refractivity contribution in [3.05, 3.63) is 59.7 Å². The van der Waals surface area contributed by atoms with Gasteiger partial charge in [0.25, 0.3) is 5.91 Å². The number of nitrogens with one attached hydrogen (secondary N) is 3. The summed E-state index contributed by atoms with van der Waals surface area (Å²) in [5, 5.41) is 8.67. The van der Waals surface area contributed by atoms with Crippen molar-refractivity contribution in [3.8, 4) is 0 Å². The van der Waals surface area contributed by atoms with Gasteiger partial charge in [0, 0.05) is 23.0 Å². The number of hydrogen-bond donors (Lipinski definition) is 3. The van der Waals surface area contributed by atoms with Crippen LogP contribution in [0.15, 0.2) is 48.5 Å². The van der Waals surface area contributed by atoms with E-state index in [0.29, 0.717) is 22.9 Å². The molecule has 0 radical (unpaired) electrons. The van der Waals surface area contributed by atoms with Crippen LogP contribution in [0.1, 0.15) is 33.6 Å². The smallest absolute Gasteiger partial charge is 0.337 e. The van der Waals surface area contributed by atoms with Crippen molar-refractivity contribution in [3.63, 3.8) is 0 Å². The van der Waals surface area contributed by atoms with Gasteiger partial charge in [0.15, 0.2) is 0 Å². The fraction of sp³-hybridized carbons (Fsp3) is 0.250. The van der Waals surface area contributed by atoms with Gasteiger partial charge in [0.05, 0.1) is 19.2 Å². The second-order valence-corrected chi connectivity index (χ2v) is 6.30. The van der Waals surface area contributed by atoms with E-state index in [1.165, 1.54) is 7.11 Å². The van der Waals surface area contributed by atoms with Gasteiger partial charge < -0.3 is 20.7 Å². The summed E-state index contributed by atoms with van der Waals surface area (Å²) in [7, 11) is 1.32. The highest BCUT2D eigenvalue weighted by molar-refractivity contribution is 5.96. The summed E-state index contributed by atoms with van der Waals surface area (Å²) < 4.78 is 4.63. The van der Waals surface area contributed by atoms with Crippen LogP contribution in [-0.2, 0) is 9.53 Å². The van der Waals surface area contributed by atoms with Gasteiger partial charge in [-0.1, -0.05) is 0 Å². The average molecular weight is 367 g/mol. The Morgan fingerprint density at radius 2 is 1.52 bits per heavy atom. The quantitative estimate of drug-likeness (QED) is 0.653. The monoisotopic (exact) mass is 367 g/mol. The van der Waals surface area contributed by atoms with Crippen LogP contribution >= 0.6 is 0 Å². The molecule has 2 aromatic rings. The molecule has 0 aromatic heterocycles. The van der Waals surface area contributed by atoms with E-state index in [1.54, 1.807) is 48.5 Å². The van der Waals surface area contributed by atoms with Crippen LogP contribution in [0.3, 0.4) is 0 Å². The third-order valence-electron chi connectivity index (χ3n) is 4.10. The van der Waals surface area contributed by atoms with Gasteiger partial charge in [-0.2, -0.15) is 0 Å². The van der Waals surface area contributed by atoms with Crippen LogP contribution in [0.5, 0.6) is 0 Å². The number of benzene rings is 2. The topological polar surface area (TPSA) is 96.5 Å². The van der Waals surface area contributed by atoms with Crippen molar-refractivity contribution in [1.29, 1.82) is 0 Å². The van der Waals surface area contributed by atoms with E-state index in [1.807, 2.05) is 0 Å². The lowest BCUT2D eigenvalue weighted by atomic mass is 10.2. The third-order valence-corrected chi connectivity index (χ3v) is 4.10. The highest BCUT2D eigenvalue weighted by Gasteiger charge is 2.23. The lowest BCUT2D eigenvalue weighted by molar-refractivity contribution is -0.114. The molecule has 0 unspecified atom stereocenters. The summed E-state index contributed by atoms with van der Waals surface area (Å²) in [6.07, 6.45) is 2.10. The molecule has 140 valence electrons.